The van der Waals surface area contributed by atoms with E-state index in [9.17, 15) is 9.59 Å². The molecule has 8 heteroatoms. The molecule has 1 aliphatic rings. The monoisotopic (exact) mass is 458 g/mol. The summed E-state index contributed by atoms with van der Waals surface area (Å²) in [5, 5.41) is 3.56. The zero-order valence-electron chi connectivity index (χ0n) is 18.6. The number of rotatable bonds is 10. The molecule has 0 unspecified atom stereocenters. The highest BCUT2D eigenvalue weighted by Gasteiger charge is 2.40. The van der Waals surface area contributed by atoms with Crippen molar-refractivity contribution in [1.82, 2.24) is 4.90 Å². The first-order valence-corrected chi connectivity index (χ1v) is 10.7. The van der Waals surface area contributed by atoms with Crippen LogP contribution in [0.1, 0.15) is 25.8 Å². The number of para-hydroxylation sites is 1. The van der Waals surface area contributed by atoms with Gasteiger partial charge >= 0.3 is 0 Å². The zero-order chi connectivity index (χ0) is 23.3. The first-order chi connectivity index (χ1) is 15.4. The third kappa shape index (κ3) is 5.06. The van der Waals surface area contributed by atoms with E-state index in [1.54, 1.807) is 42.5 Å². The second-order valence-electron chi connectivity index (χ2n) is 7.45. The summed E-state index contributed by atoms with van der Waals surface area (Å²) in [5.41, 5.74) is 1.38. The number of hydrogen-bond acceptors (Lipinski definition) is 6. The largest absolute Gasteiger partial charge is 0.496 e. The van der Waals surface area contributed by atoms with Gasteiger partial charge in [0.05, 0.1) is 31.6 Å². The van der Waals surface area contributed by atoms with Gasteiger partial charge in [-0.2, -0.15) is 0 Å². The van der Waals surface area contributed by atoms with Crippen LogP contribution in [0.5, 0.6) is 11.5 Å². The number of hydrogen-bond donors (Lipinski definition) is 1. The molecule has 1 heterocycles. The van der Waals surface area contributed by atoms with Gasteiger partial charge in [-0.15, -0.1) is 0 Å². The van der Waals surface area contributed by atoms with Crippen LogP contribution in [0.3, 0.4) is 0 Å². The Labute approximate surface area is 192 Å². The molecular weight excluding hydrogens is 432 g/mol. The molecule has 0 bridgehead atoms. The van der Waals surface area contributed by atoms with E-state index in [4.69, 9.17) is 25.8 Å². The number of ether oxygens (including phenoxy) is 3. The lowest BCUT2D eigenvalue weighted by atomic mass is 10.0. The van der Waals surface area contributed by atoms with E-state index in [0.29, 0.717) is 40.8 Å². The normalized spacial score (nSPS) is 13.9. The van der Waals surface area contributed by atoms with Gasteiger partial charge in [-0.1, -0.05) is 29.8 Å². The number of imide groups is 1. The van der Waals surface area contributed by atoms with Crippen molar-refractivity contribution in [3.8, 4) is 11.5 Å². The fourth-order valence-electron chi connectivity index (χ4n) is 3.45. The lowest BCUT2D eigenvalue weighted by Gasteiger charge is -2.16. The lowest BCUT2D eigenvalue weighted by Crippen LogP contribution is -2.34. The highest BCUT2D eigenvalue weighted by Crippen LogP contribution is 2.37. The molecule has 0 aliphatic carbocycles. The minimum Gasteiger partial charge on any atom is -0.496 e. The highest BCUT2D eigenvalue weighted by atomic mass is 35.5. The Morgan fingerprint density at radius 1 is 1.00 bits per heavy atom. The summed E-state index contributed by atoms with van der Waals surface area (Å²) in [7, 11) is 3.04. The predicted octanol–water partition coefficient (Wildman–Crippen LogP) is 4.36. The number of methoxy groups -OCH3 is 2. The molecule has 2 aromatic carbocycles. The molecule has 7 nitrogen and oxygen atoms in total. The van der Waals surface area contributed by atoms with Crippen molar-refractivity contribution >= 4 is 34.7 Å². The molecule has 0 saturated carbocycles. The molecule has 0 atom stereocenters. The Kier molecular flexibility index (Phi) is 7.77. The van der Waals surface area contributed by atoms with Crippen LogP contribution in [0.4, 0.5) is 5.69 Å². The van der Waals surface area contributed by atoms with Gasteiger partial charge in [0.1, 0.15) is 17.2 Å². The van der Waals surface area contributed by atoms with Gasteiger partial charge in [0, 0.05) is 23.7 Å². The second kappa shape index (κ2) is 10.5. The standard InChI is InChI=1S/C24H27ClN2O5/c1-15(2)32-13-7-12-27-23(28)21(17-8-5-6-9-19(17)30-3)22(24(27)29)26-18-14-16(25)10-11-20(18)31-4/h5-6,8-11,14-15,26H,7,12-13H2,1-4H3. The summed E-state index contributed by atoms with van der Waals surface area (Å²) in [5.74, 6) is 0.159. The van der Waals surface area contributed by atoms with Crippen LogP contribution in [0.15, 0.2) is 48.2 Å². The van der Waals surface area contributed by atoms with Gasteiger partial charge in [-0.25, -0.2) is 0 Å². The van der Waals surface area contributed by atoms with Crippen LogP contribution < -0.4 is 14.8 Å². The number of benzene rings is 2. The highest BCUT2D eigenvalue weighted by molar-refractivity contribution is 6.37. The van der Waals surface area contributed by atoms with Crippen molar-refractivity contribution in [2.45, 2.75) is 26.4 Å². The average molecular weight is 459 g/mol. The summed E-state index contributed by atoms with van der Waals surface area (Å²) >= 11 is 6.16. The first-order valence-electron chi connectivity index (χ1n) is 10.3. The Balaban J connectivity index is 2.01. The van der Waals surface area contributed by atoms with E-state index in [1.807, 2.05) is 13.8 Å². The molecule has 0 saturated heterocycles. The predicted molar refractivity (Wildman–Crippen MR) is 124 cm³/mol. The van der Waals surface area contributed by atoms with Crippen molar-refractivity contribution in [2.24, 2.45) is 0 Å². The minimum atomic E-state index is -0.428. The van der Waals surface area contributed by atoms with Crippen molar-refractivity contribution in [1.29, 1.82) is 0 Å². The first kappa shape index (κ1) is 23.6. The molecular formula is C24H27ClN2O5. The number of halogens is 1. The SMILES string of the molecule is COc1ccc(Cl)cc1NC1=C(c2ccccc2OC)C(=O)N(CCCOC(C)C)C1=O. The van der Waals surface area contributed by atoms with Gasteiger partial charge in [0.15, 0.2) is 0 Å². The maximum atomic E-state index is 13.4. The van der Waals surface area contributed by atoms with Gasteiger partial charge in [-0.05, 0) is 44.5 Å². The van der Waals surface area contributed by atoms with Crippen LogP contribution in [-0.4, -0.2) is 50.2 Å². The van der Waals surface area contributed by atoms with Crippen LogP contribution in [0.2, 0.25) is 5.02 Å². The Bertz CT molecular complexity index is 1030. The van der Waals surface area contributed by atoms with Crippen molar-refractivity contribution < 1.29 is 23.8 Å². The van der Waals surface area contributed by atoms with Gasteiger partial charge in [0.2, 0.25) is 0 Å². The molecule has 170 valence electrons. The van der Waals surface area contributed by atoms with Gasteiger partial charge in [-0.3, -0.25) is 14.5 Å². The number of carbonyl (C=O) groups excluding carboxylic acids is 2. The molecule has 32 heavy (non-hydrogen) atoms. The summed E-state index contributed by atoms with van der Waals surface area (Å²) in [6, 6.07) is 12.1. The Hall–Kier alpha value is -3.03. The van der Waals surface area contributed by atoms with Crippen molar-refractivity contribution in [3.05, 3.63) is 58.7 Å². The molecule has 0 aromatic heterocycles. The molecule has 1 N–H and O–H groups in total. The van der Waals surface area contributed by atoms with Crippen LogP contribution in [-0.2, 0) is 14.3 Å². The maximum absolute atomic E-state index is 13.4. The van der Waals surface area contributed by atoms with Crippen molar-refractivity contribution in [2.75, 3.05) is 32.7 Å². The average Bonchev–Trinajstić information content (AvgIpc) is 3.00. The van der Waals surface area contributed by atoms with Crippen LogP contribution >= 0.6 is 11.6 Å². The second-order valence-corrected chi connectivity index (χ2v) is 7.89. The topological polar surface area (TPSA) is 77.1 Å². The lowest BCUT2D eigenvalue weighted by molar-refractivity contribution is -0.137. The van der Waals surface area contributed by atoms with E-state index in [2.05, 4.69) is 5.32 Å². The molecule has 0 spiro atoms. The number of nitrogens with zero attached hydrogens (tertiary/aromatic N) is 1. The smallest absolute Gasteiger partial charge is 0.278 e. The summed E-state index contributed by atoms with van der Waals surface area (Å²) in [6.07, 6.45) is 0.609. The van der Waals surface area contributed by atoms with Gasteiger partial charge < -0.3 is 19.5 Å². The van der Waals surface area contributed by atoms with Crippen molar-refractivity contribution in [3.63, 3.8) is 0 Å². The molecule has 3 rings (SSSR count). The van der Waals surface area contributed by atoms with E-state index < -0.39 is 11.8 Å². The third-order valence-corrected chi connectivity index (χ3v) is 5.18. The van der Waals surface area contributed by atoms with E-state index in [1.165, 1.54) is 19.1 Å². The Morgan fingerprint density at radius 3 is 2.41 bits per heavy atom. The molecule has 0 fully saturated rings. The number of anilines is 1. The van der Waals surface area contributed by atoms with E-state index >= 15 is 0 Å². The molecule has 1 aliphatic heterocycles. The summed E-state index contributed by atoms with van der Waals surface area (Å²) in [6.45, 7) is 4.56. The van der Waals surface area contributed by atoms with Gasteiger partial charge in [0.25, 0.3) is 11.8 Å². The molecule has 2 amide bonds. The quantitative estimate of drug-likeness (QED) is 0.421. The Morgan fingerprint density at radius 2 is 1.72 bits per heavy atom. The third-order valence-electron chi connectivity index (χ3n) is 4.94. The summed E-state index contributed by atoms with van der Waals surface area (Å²) < 4.78 is 16.4. The van der Waals surface area contributed by atoms with E-state index in [0.717, 1.165) is 0 Å². The fraction of sp³-hybridized carbons (Fsp3) is 0.333. The van der Waals surface area contributed by atoms with E-state index in [-0.39, 0.29) is 23.9 Å². The van der Waals surface area contributed by atoms with Crippen LogP contribution in [0.25, 0.3) is 5.57 Å². The minimum absolute atomic E-state index is 0.0785. The maximum Gasteiger partial charge on any atom is 0.278 e. The zero-order valence-corrected chi connectivity index (χ0v) is 19.4. The number of nitrogens with one attached hydrogen (secondary N) is 1. The van der Waals surface area contributed by atoms with Crippen LogP contribution in [0, 0.1) is 0 Å². The number of carbonyl (C=O) groups is 2. The molecule has 0 radical (unpaired) electrons. The fourth-order valence-corrected chi connectivity index (χ4v) is 3.62. The molecule has 2 aromatic rings. The summed E-state index contributed by atoms with van der Waals surface area (Å²) in [4.78, 5) is 28.0. The number of amides is 2.